The number of rotatable bonds is 25. The van der Waals surface area contributed by atoms with Crippen molar-refractivity contribution in [2.45, 2.75) is 102 Å². The molecule has 0 N–H and O–H groups in total. The van der Waals surface area contributed by atoms with E-state index in [2.05, 4.69) is 13.2 Å². The van der Waals surface area contributed by atoms with E-state index >= 15 is 0 Å². The van der Waals surface area contributed by atoms with Gasteiger partial charge in [0.1, 0.15) is 23.4 Å². The van der Waals surface area contributed by atoms with Crippen molar-refractivity contribution in [3.05, 3.63) is 103 Å². The number of esters is 3. The van der Waals surface area contributed by atoms with E-state index in [0.717, 1.165) is 99.7 Å². The van der Waals surface area contributed by atoms with Crippen molar-refractivity contribution < 1.29 is 38.1 Å². The van der Waals surface area contributed by atoms with Crippen LogP contribution in [0.15, 0.2) is 97.6 Å². The number of carbonyl (C=O) groups excluding carboxylic acids is 3. The van der Waals surface area contributed by atoms with Gasteiger partial charge in [0.25, 0.3) is 0 Å². The maximum atomic E-state index is 12.7. The largest absolute Gasteiger partial charge is 0.494 e. The second-order valence-corrected chi connectivity index (χ2v) is 13.3. The molecule has 0 saturated carbocycles. The fourth-order valence-electron chi connectivity index (χ4n) is 5.99. The molecule has 1 fully saturated rings. The Bertz CT molecular complexity index is 1530. The Balaban J connectivity index is 1.03. The topological polar surface area (TPSA) is 97.4 Å². The van der Waals surface area contributed by atoms with E-state index in [-0.39, 0.29) is 18.0 Å². The molecule has 52 heavy (non-hydrogen) atoms. The normalized spacial score (nSPS) is 13.7. The van der Waals surface area contributed by atoms with E-state index < -0.39 is 5.97 Å². The van der Waals surface area contributed by atoms with Crippen LogP contribution in [0.1, 0.15) is 107 Å². The van der Waals surface area contributed by atoms with E-state index in [1.807, 2.05) is 36.4 Å². The fraction of sp³-hybridized carbons (Fsp3) is 0.432. The van der Waals surface area contributed by atoms with Gasteiger partial charge in [-0.1, -0.05) is 95.2 Å². The van der Waals surface area contributed by atoms with Gasteiger partial charge in [-0.05, 0) is 91.8 Å². The third kappa shape index (κ3) is 14.8. The molecule has 8 nitrogen and oxygen atoms in total. The molecular formula is C44H54O8. The van der Waals surface area contributed by atoms with Crippen molar-refractivity contribution in [1.82, 2.24) is 0 Å². The van der Waals surface area contributed by atoms with Crippen LogP contribution in [0.2, 0.25) is 0 Å². The van der Waals surface area contributed by atoms with Crippen molar-refractivity contribution in [1.29, 1.82) is 0 Å². The Kier molecular flexibility index (Phi) is 17.6. The van der Waals surface area contributed by atoms with E-state index in [1.54, 1.807) is 36.4 Å². The third-order valence-corrected chi connectivity index (χ3v) is 9.04. The molecule has 1 atom stereocenters. The highest BCUT2D eigenvalue weighted by molar-refractivity contribution is 5.91. The smallest absolute Gasteiger partial charge is 0.343 e. The monoisotopic (exact) mass is 710 g/mol. The fourth-order valence-corrected chi connectivity index (χ4v) is 5.99. The molecule has 4 rings (SSSR count). The first-order chi connectivity index (χ1) is 25.4. The highest BCUT2D eigenvalue weighted by atomic mass is 16.6. The Hall–Kier alpha value is -4.85. The zero-order valence-electron chi connectivity index (χ0n) is 30.5. The van der Waals surface area contributed by atoms with Gasteiger partial charge in [-0.25, -0.2) is 14.4 Å². The van der Waals surface area contributed by atoms with Gasteiger partial charge in [0, 0.05) is 18.1 Å². The van der Waals surface area contributed by atoms with Crippen LogP contribution in [0.5, 0.6) is 17.2 Å². The van der Waals surface area contributed by atoms with Gasteiger partial charge in [0.05, 0.1) is 25.4 Å². The molecule has 1 saturated heterocycles. The van der Waals surface area contributed by atoms with Crippen LogP contribution in [0.4, 0.5) is 0 Å². The molecule has 0 spiro atoms. The summed E-state index contributed by atoms with van der Waals surface area (Å²) >= 11 is 0. The van der Waals surface area contributed by atoms with E-state index in [4.69, 9.17) is 23.7 Å². The lowest BCUT2D eigenvalue weighted by Crippen LogP contribution is -2.08. The lowest BCUT2D eigenvalue weighted by molar-refractivity contribution is -0.139. The van der Waals surface area contributed by atoms with Gasteiger partial charge in [0.2, 0.25) is 0 Å². The van der Waals surface area contributed by atoms with Crippen molar-refractivity contribution in [2.75, 3.05) is 19.8 Å². The number of ether oxygens (including phenoxy) is 5. The minimum Gasteiger partial charge on any atom is -0.494 e. The number of hydrogen-bond donors (Lipinski definition) is 0. The molecular weight excluding hydrogens is 656 g/mol. The molecule has 8 heteroatoms. The molecule has 3 aromatic rings. The second-order valence-electron chi connectivity index (χ2n) is 13.3. The van der Waals surface area contributed by atoms with Crippen LogP contribution in [-0.2, 0) is 19.1 Å². The van der Waals surface area contributed by atoms with E-state index in [1.165, 1.54) is 18.9 Å². The summed E-state index contributed by atoms with van der Waals surface area (Å²) in [7, 11) is 0. The predicted molar refractivity (Wildman–Crippen MR) is 204 cm³/mol. The molecule has 0 aromatic heterocycles. The molecule has 0 aliphatic carbocycles. The molecule has 278 valence electrons. The minimum absolute atomic E-state index is 0.0229. The first kappa shape index (κ1) is 39.9. The van der Waals surface area contributed by atoms with Crippen LogP contribution in [0, 0.1) is 0 Å². The van der Waals surface area contributed by atoms with Gasteiger partial charge < -0.3 is 23.7 Å². The average Bonchev–Trinajstić information content (AvgIpc) is 3.49. The first-order valence-electron chi connectivity index (χ1n) is 18.9. The molecule has 0 bridgehead atoms. The Morgan fingerprint density at radius 3 is 1.60 bits per heavy atom. The highest BCUT2D eigenvalue weighted by Crippen LogP contribution is 2.26. The van der Waals surface area contributed by atoms with Gasteiger partial charge >= 0.3 is 17.9 Å². The average molecular weight is 711 g/mol. The molecule has 3 aromatic carbocycles. The zero-order valence-corrected chi connectivity index (χ0v) is 30.5. The maximum Gasteiger partial charge on any atom is 0.343 e. The summed E-state index contributed by atoms with van der Waals surface area (Å²) in [6.07, 6.45) is 17.0. The summed E-state index contributed by atoms with van der Waals surface area (Å²) in [4.78, 5) is 35.1. The van der Waals surface area contributed by atoms with Crippen LogP contribution >= 0.6 is 0 Å². The first-order valence-corrected chi connectivity index (χ1v) is 18.9. The van der Waals surface area contributed by atoms with Gasteiger partial charge in [-0.15, -0.1) is 0 Å². The van der Waals surface area contributed by atoms with Gasteiger partial charge in [-0.2, -0.15) is 0 Å². The molecule has 0 radical (unpaired) electrons. The molecule has 1 unspecified atom stereocenters. The van der Waals surface area contributed by atoms with Crippen molar-refractivity contribution in [3.63, 3.8) is 0 Å². The predicted octanol–water partition coefficient (Wildman–Crippen LogP) is 10.4. The van der Waals surface area contributed by atoms with Gasteiger partial charge in [-0.3, -0.25) is 0 Å². The number of hydrogen-bond acceptors (Lipinski definition) is 8. The molecule has 1 aliphatic heterocycles. The Labute approximate surface area is 309 Å². The summed E-state index contributed by atoms with van der Waals surface area (Å²) in [5.41, 5.74) is 3.13. The Morgan fingerprint density at radius 1 is 0.635 bits per heavy atom. The lowest BCUT2D eigenvalue weighted by atomic mass is 10.0. The molecule has 1 heterocycles. The minimum atomic E-state index is -0.416. The van der Waals surface area contributed by atoms with E-state index in [0.29, 0.717) is 43.1 Å². The molecule has 0 amide bonds. The third-order valence-electron chi connectivity index (χ3n) is 9.04. The van der Waals surface area contributed by atoms with Crippen LogP contribution in [0.3, 0.4) is 0 Å². The summed E-state index contributed by atoms with van der Waals surface area (Å²) in [6.45, 7) is 8.92. The number of carbonyl (C=O) groups is 3. The Morgan fingerprint density at radius 2 is 1.10 bits per heavy atom. The van der Waals surface area contributed by atoms with Crippen molar-refractivity contribution in [2.24, 2.45) is 0 Å². The number of benzene rings is 3. The summed E-state index contributed by atoms with van der Waals surface area (Å²) < 4.78 is 27.7. The summed E-state index contributed by atoms with van der Waals surface area (Å²) in [5.74, 6) is 1.06. The summed E-state index contributed by atoms with van der Waals surface area (Å²) in [5, 5.41) is 0. The number of cyclic esters (lactones) is 1. The van der Waals surface area contributed by atoms with Crippen LogP contribution in [-0.4, -0.2) is 43.8 Å². The van der Waals surface area contributed by atoms with Crippen LogP contribution < -0.4 is 14.2 Å². The van der Waals surface area contributed by atoms with Crippen LogP contribution in [0.25, 0.3) is 11.1 Å². The second kappa shape index (κ2) is 22.9. The zero-order chi connectivity index (χ0) is 36.8. The standard InChI is InChI=1S/C44H54O8/c1-3-42(45)50-32-16-12-7-4-6-10-14-30-48-38-24-18-35(19-25-38)36-20-28-40(29-21-36)51-44(47)37-22-26-39(27-23-37)49-31-15-11-8-5-9-13-17-41-33-34(2)43(46)52-41/h3,18-29,41H,1-2,4-17,30-33H2. The quantitative estimate of drug-likeness (QED) is 0.0371. The molecule has 1 aliphatic rings. The highest BCUT2D eigenvalue weighted by Gasteiger charge is 2.26. The SMILES string of the molecule is C=CC(=O)OCCCCCCCCCOc1ccc(-c2ccc(OC(=O)c3ccc(OCCCCCCCCC4CC(=C)C(=O)O4)cc3)cc2)cc1. The van der Waals surface area contributed by atoms with E-state index in [9.17, 15) is 14.4 Å². The van der Waals surface area contributed by atoms with Crippen molar-refractivity contribution >= 4 is 17.9 Å². The maximum absolute atomic E-state index is 12.7. The summed E-state index contributed by atoms with van der Waals surface area (Å²) in [6, 6.07) is 22.6. The number of unbranched alkanes of at least 4 members (excludes halogenated alkanes) is 11. The lowest BCUT2D eigenvalue weighted by Gasteiger charge is -2.09. The van der Waals surface area contributed by atoms with Gasteiger partial charge in [0.15, 0.2) is 0 Å². The van der Waals surface area contributed by atoms with Crippen molar-refractivity contribution in [3.8, 4) is 28.4 Å².